The number of aromatic nitrogens is 2. The molecule has 0 radical (unpaired) electrons. The summed E-state index contributed by atoms with van der Waals surface area (Å²) in [6, 6.07) is 6.68. The highest BCUT2D eigenvalue weighted by molar-refractivity contribution is 6.35. The molecule has 0 unspecified atom stereocenters. The lowest BCUT2D eigenvalue weighted by Gasteiger charge is -2.06. The molecule has 2 rings (SSSR count). The lowest BCUT2D eigenvalue weighted by molar-refractivity contribution is -0.132. The maximum Gasteiger partial charge on any atom is 0.346 e. The molecule has 0 fully saturated rings. The summed E-state index contributed by atoms with van der Waals surface area (Å²) in [5.41, 5.74) is 1.23. The molecule has 0 aliphatic heterocycles. The zero-order valence-corrected chi connectivity index (χ0v) is 14.1. The molecular formula is C15H10Cl3N3O2. The molecule has 1 heterocycles. The van der Waals surface area contributed by atoms with E-state index in [2.05, 4.69) is 5.10 Å². The van der Waals surface area contributed by atoms with Crippen molar-refractivity contribution in [2.24, 2.45) is 0 Å². The van der Waals surface area contributed by atoms with E-state index in [0.717, 1.165) is 5.56 Å². The minimum absolute atomic E-state index is 0.225. The van der Waals surface area contributed by atoms with Crippen LogP contribution in [0.25, 0.3) is 6.08 Å². The number of halogens is 3. The Balaban J connectivity index is 2.42. The van der Waals surface area contributed by atoms with Crippen LogP contribution in [0.5, 0.6) is 0 Å². The molecule has 8 heteroatoms. The number of aliphatic carboxylic acids is 1. The molecule has 1 N–H and O–H groups in total. The van der Waals surface area contributed by atoms with Crippen molar-refractivity contribution >= 4 is 46.8 Å². The van der Waals surface area contributed by atoms with Gasteiger partial charge in [0.15, 0.2) is 0 Å². The Labute approximate surface area is 147 Å². The van der Waals surface area contributed by atoms with Crippen LogP contribution in [-0.4, -0.2) is 20.9 Å². The van der Waals surface area contributed by atoms with Crippen LogP contribution in [-0.2, 0) is 11.3 Å². The van der Waals surface area contributed by atoms with Crippen molar-refractivity contribution in [2.45, 2.75) is 13.5 Å². The van der Waals surface area contributed by atoms with E-state index in [1.54, 1.807) is 31.2 Å². The molecule has 23 heavy (non-hydrogen) atoms. The predicted molar refractivity (Wildman–Crippen MR) is 88.8 cm³/mol. The van der Waals surface area contributed by atoms with Gasteiger partial charge >= 0.3 is 5.97 Å². The summed E-state index contributed by atoms with van der Waals surface area (Å²) in [6.45, 7) is 1.97. The lowest BCUT2D eigenvalue weighted by atomic mass is 10.1. The Morgan fingerprint density at radius 1 is 1.43 bits per heavy atom. The topological polar surface area (TPSA) is 78.9 Å². The van der Waals surface area contributed by atoms with Crippen molar-refractivity contribution in [3.05, 3.63) is 55.8 Å². The molecule has 0 atom stereocenters. The molecule has 0 bridgehead atoms. The first kappa shape index (κ1) is 17.4. The predicted octanol–water partition coefficient (Wildman–Crippen LogP) is 4.19. The van der Waals surface area contributed by atoms with Gasteiger partial charge in [0.05, 0.1) is 12.2 Å². The number of benzene rings is 1. The van der Waals surface area contributed by atoms with Crippen LogP contribution in [0.15, 0.2) is 23.8 Å². The first-order valence-electron chi connectivity index (χ1n) is 6.35. The average Bonchev–Trinajstić information content (AvgIpc) is 2.74. The van der Waals surface area contributed by atoms with Gasteiger partial charge in [-0.2, -0.15) is 10.4 Å². The van der Waals surface area contributed by atoms with Gasteiger partial charge in [-0.15, -0.1) is 0 Å². The summed E-state index contributed by atoms with van der Waals surface area (Å²) < 4.78 is 1.48. The first-order chi connectivity index (χ1) is 10.8. The third-order valence-electron chi connectivity index (χ3n) is 3.08. The summed E-state index contributed by atoms with van der Waals surface area (Å²) >= 11 is 18.2. The summed E-state index contributed by atoms with van der Waals surface area (Å²) in [6.07, 6.45) is 1.20. The maximum atomic E-state index is 10.9. The number of hydrogen-bond donors (Lipinski definition) is 1. The summed E-state index contributed by atoms with van der Waals surface area (Å²) in [5, 5.41) is 23.3. The fraction of sp³-hybridized carbons (Fsp3) is 0.133. The van der Waals surface area contributed by atoms with E-state index in [9.17, 15) is 4.79 Å². The minimum atomic E-state index is -1.32. The molecular weight excluding hydrogens is 361 g/mol. The number of carboxylic acid groups (broad SMARTS) is 1. The van der Waals surface area contributed by atoms with Crippen molar-refractivity contribution in [3.8, 4) is 6.07 Å². The molecule has 118 valence electrons. The van der Waals surface area contributed by atoms with E-state index in [1.807, 2.05) is 0 Å². The van der Waals surface area contributed by atoms with Gasteiger partial charge in [-0.25, -0.2) is 9.48 Å². The van der Waals surface area contributed by atoms with E-state index in [-0.39, 0.29) is 5.15 Å². The van der Waals surface area contributed by atoms with E-state index in [0.29, 0.717) is 27.8 Å². The molecule has 5 nitrogen and oxygen atoms in total. The second kappa shape index (κ2) is 7.05. The Morgan fingerprint density at radius 2 is 2.13 bits per heavy atom. The van der Waals surface area contributed by atoms with Gasteiger partial charge in [0, 0.05) is 15.6 Å². The number of aryl methyl sites for hydroxylation is 1. The van der Waals surface area contributed by atoms with E-state index in [4.69, 9.17) is 45.2 Å². The van der Waals surface area contributed by atoms with Crippen LogP contribution in [0.4, 0.5) is 0 Å². The fourth-order valence-corrected chi connectivity index (χ4v) is 2.69. The van der Waals surface area contributed by atoms with E-state index < -0.39 is 11.5 Å². The maximum absolute atomic E-state index is 10.9. The summed E-state index contributed by atoms with van der Waals surface area (Å²) in [7, 11) is 0. The standard InChI is InChI=1S/C15H10Cl3N3O2/c1-8-12(4-10(6-19)15(22)23)14(18)21(20-8)7-9-2-3-11(16)5-13(9)17/h2-5H,7H2,1H3,(H,22,23)/b10-4+. The number of nitriles is 1. The monoisotopic (exact) mass is 369 g/mol. The molecule has 0 aliphatic rings. The summed E-state index contributed by atoms with van der Waals surface area (Å²) in [5.74, 6) is -1.32. The SMILES string of the molecule is Cc1nn(Cc2ccc(Cl)cc2Cl)c(Cl)c1/C=C(\C#N)C(=O)O. The van der Waals surface area contributed by atoms with Crippen molar-refractivity contribution in [1.82, 2.24) is 9.78 Å². The zero-order chi connectivity index (χ0) is 17.1. The third-order valence-corrected chi connectivity index (χ3v) is 4.07. The first-order valence-corrected chi connectivity index (χ1v) is 7.48. The van der Waals surface area contributed by atoms with Crippen molar-refractivity contribution in [2.75, 3.05) is 0 Å². The van der Waals surface area contributed by atoms with Crippen LogP contribution in [0, 0.1) is 18.3 Å². The van der Waals surface area contributed by atoms with Gasteiger partial charge in [0.2, 0.25) is 0 Å². The zero-order valence-electron chi connectivity index (χ0n) is 11.8. The number of rotatable bonds is 4. The highest BCUT2D eigenvalue weighted by atomic mass is 35.5. The molecule has 0 saturated heterocycles. The molecule has 0 spiro atoms. The molecule has 2 aromatic rings. The quantitative estimate of drug-likeness (QED) is 0.646. The molecule has 0 aliphatic carbocycles. The van der Waals surface area contributed by atoms with Crippen LogP contribution in [0.3, 0.4) is 0 Å². The van der Waals surface area contributed by atoms with E-state index >= 15 is 0 Å². The fourth-order valence-electron chi connectivity index (χ4n) is 1.93. The Morgan fingerprint density at radius 3 is 2.70 bits per heavy atom. The van der Waals surface area contributed by atoms with Crippen LogP contribution in [0.2, 0.25) is 15.2 Å². The average molecular weight is 371 g/mol. The highest BCUT2D eigenvalue weighted by Crippen LogP contribution is 2.26. The number of carbonyl (C=O) groups is 1. The van der Waals surface area contributed by atoms with Gasteiger partial charge in [0.1, 0.15) is 16.8 Å². The van der Waals surface area contributed by atoms with Crippen LogP contribution in [0.1, 0.15) is 16.8 Å². The molecule has 0 amide bonds. The normalized spacial score (nSPS) is 11.3. The van der Waals surface area contributed by atoms with Crippen LogP contribution < -0.4 is 0 Å². The van der Waals surface area contributed by atoms with Gasteiger partial charge in [-0.05, 0) is 30.7 Å². The largest absolute Gasteiger partial charge is 0.477 e. The van der Waals surface area contributed by atoms with Gasteiger partial charge in [-0.1, -0.05) is 40.9 Å². The van der Waals surface area contributed by atoms with Crippen molar-refractivity contribution in [3.63, 3.8) is 0 Å². The number of nitrogens with zero attached hydrogens (tertiary/aromatic N) is 3. The van der Waals surface area contributed by atoms with Gasteiger partial charge < -0.3 is 5.11 Å². The third kappa shape index (κ3) is 3.85. The number of carboxylic acids is 1. The summed E-state index contributed by atoms with van der Waals surface area (Å²) in [4.78, 5) is 10.9. The smallest absolute Gasteiger partial charge is 0.346 e. The second-order valence-corrected chi connectivity index (χ2v) is 5.86. The Bertz CT molecular complexity index is 850. The Hall–Kier alpha value is -2.00. The van der Waals surface area contributed by atoms with Crippen LogP contribution >= 0.6 is 34.8 Å². The lowest BCUT2D eigenvalue weighted by Crippen LogP contribution is -2.02. The van der Waals surface area contributed by atoms with Gasteiger partial charge in [0.25, 0.3) is 0 Å². The second-order valence-electron chi connectivity index (χ2n) is 4.66. The van der Waals surface area contributed by atoms with Crippen molar-refractivity contribution < 1.29 is 9.90 Å². The highest BCUT2D eigenvalue weighted by Gasteiger charge is 2.16. The van der Waals surface area contributed by atoms with Gasteiger partial charge in [-0.3, -0.25) is 0 Å². The molecule has 0 saturated carbocycles. The number of hydrogen-bond acceptors (Lipinski definition) is 3. The van der Waals surface area contributed by atoms with E-state index in [1.165, 1.54) is 10.8 Å². The molecule has 1 aromatic carbocycles. The Kier molecular flexibility index (Phi) is 5.32. The van der Waals surface area contributed by atoms with Crippen molar-refractivity contribution in [1.29, 1.82) is 5.26 Å². The molecule has 1 aromatic heterocycles. The minimum Gasteiger partial charge on any atom is -0.477 e.